The number of carboxylic acid groups (broad SMARTS) is 1. The number of anilines is 1. The predicted octanol–water partition coefficient (Wildman–Crippen LogP) is 1.95. The Balaban J connectivity index is 2.15. The van der Waals surface area contributed by atoms with Crippen LogP contribution in [0.2, 0.25) is 0 Å². The fraction of sp³-hybridized carbons (Fsp3) is 0.267. The zero-order valence-electron chi connectivity index (χ0n) is 10.6. The Kier molecular flexibility index (Phi) is 3.09. The number of fused-ring (bicyclic) bond motifs is 1. The number of aromatic carboxylic acids is 1. The van der Waals surface area contributed by atoms with Gasteiger partial charge in [0.1, 0.15) is 0 Å². The van der Waals surface area contributed by atoms with Crippen molar-refractivity contribution in [2.75, 3.05) is 31.1 Å². The first kappa shape index (κ1) is 12.0. The molecular weight excluding hydrogens is 240 g/mol. The van der Waals surface area contributed by atoms with Gasteiger partial charge in [-0.25, -0.2) is 4.79 Å². The largest absolute Gasteiger partial charge is 0.478 e. The molecule has 2 aromatic rings. The highest BCUT2D eigenvalue weighted by Crippen LogP contribution is 2.29. The number of piperazine rings is 1. The molecule has 0 amide bonds. The summed E-state index contributed by atoms with van der Waals surface area (Å²) in [6.07, 6.45) is 0. The molecule has 0 atom stereocenters. The number of hydrogen-bond acceptors (Lipinski definition) is 3. The Morgan fingerprint density at radius 2 is 1.74 bits per heavy atom. The fourth-order valence-corrected chi connectivity index (χ4v) is 2.65. The van der Waals surface area contributed by atoms with E-state index in [4.69, 9.17) is 0 Å². The third kappa shape index (κ3) is 2.15. The minimum atomic E-state index is -0.872. The van der Waals surface area contributed by atoms with Crippen LogP contribution in [0.25, 0.3) is 10.8 Å². The molecule has 2 aromatic carbocycles. The highest BCUT2D eigenvalue weighted by atomic mass is 16.4. The van der Waals surface area contributed by atoms with Crippen molar-refractivity contribution in [2.24, 2.45) is 0 Å². The van der Waals surface area contributed by atoms with E-state index in [1.165, 1.54) is 0 Å². The number of rotatable bonds is 2. The van der Waals surface area contributed by atoms with Crippen molar-refractivity contribution in [1.82, 2.24) is 5.32 Å². The molecule has 0 spiro atoms. The number of nitrogens with one attached hydrogen (secondary N) is 1. The summed E-state index contributed by atoms with van der Waals surface area (Å²) in [4.78, 5) is 13.6. The van der Waals surface area contributed by atoms with E-state index in [1.54, 1.807) is 6.07 Å². The van der Waals surface area contributed by atoms with Crippen molar-refractivity contribution in [3.63, 3.8) is 0 Å². The van der Waals surface area contributed by atoms with Crippen molar-refractivity contribution in [3.05, 3.63) is 42.0 Å². The lowest BCUT2D eigenvalue weighted by Gasteiger charge is -2.30. The first-order valence-electron chi connectivity index (χ1n) is 6.48. The first-order valence-corrected chi connectivity index (χ1v) is 6.48. The van der Waals surface area contributed by atoms with E-state index >= 15 is 0 Å². The predicted molar refractivity (Wildman–Crippen MR) is 76.0 cm³/mol. The van der Waals surface area contributed by atoms with E-state index in [-0.39, 0.29) is 0 Å². The van der Waals surface area contributed by atoms with Gasteiger partial charge in [-0.3, -0.25) is 0 Å². The number of hydrogen-bond donors (Lipinski definition) is 2. The van der Waals surface area contributed by atoms with Gasteiger partial charge < -0.3 is 15.3 Å². The summed E-state index contributed by atoms with van der Waals surface area (Å²) in [5, 5.41) is 14.4. The van der Waals surface area contributed by atoms with Crippen LogP contribution in [0.15, 0.2) is 36.4 Å². The second-order valence-electron chi connectivity index (χ2n) is 4.72. The highest BCUT2D eigenvalue weighted by Gasteiger charge is 2.16. The molecule has 1 fully saturated rings. The smallest absolute Gasteiger partial charge is 0.336 e. The molecule has 1 aliphatic rings. The highest BCUT2D eigenvalue weighted by molar-refractivity contribution is 6.07. The minimum Gasteiger partial charge on any atom is -0.478 e. The van der Waals surface area contributed by atoms with Crippen LogP contribution in [0.3, 0.4) is 0 Å². The SMILES string of the molecule is O=C(O)c1ccc(N2CCNCC2)c2ccccc12. The molecule has 0 bridgehead atoms. The van der Waals surface area contributed by atoms with Crippen LogP contribution >= 0.6 is 0 Å². The van der Waals surface area contributed by atoms with Gasteiger partial charge in [-0.05, 0) is 17.5 Å². The van der Waals surface area contributed by atoms with Crippen molar-refractivity contribution in [1.29, 1.82) is 0 Å². The Bertz CT molecular complexity index is 619. The van der Waals surface area contributed by atoms with Gasteiger partial charge in [0.15, 0.2) is 0 Å². The van der Waals surface area contributed by atoms with Gasteiger partial charge in [0, 0.05) is 37.3 Å². The quantitative estimate of drug-likeness (QED) is 0.862. The van der Waals surface area contributed by atoms with E-state index in [2.05, 4.69) is 10.2 Å². The molecule has 0 radical (unpaired) electrons. The third-order valence-electron chi connectivity index (χ3n) is 3.59. The number of nitrogens with zero attached hydrogens (tertiary/aromatic N) is 1. The van der Waals surface area contributed by atoms with Crippen molar-refractivity contribution in [3.8, 4) is 0 Å². The minimum absolute atomic E-state index is 0.370. The van der Waals surface area contributed by atoms with Crippen LogP contribution in [0, 0.1) is 0 Å². The van der Waals surface area contributed by atoms with Gasteiger partial charge in [0.2, 0.25) is 0 Å². The van der Waals surface area contributed by atoms with Crippen LogP contribution in [0.5, 0.6) is 0 Å². The van der Waals surface area contributed by atoms with Gasteiger partial charge >= 0.3 is 5.97 Å². The molecule has 2 N–H and O–H groups in total. The van der Waals surface area contributed by atoms with E-state index in [0.717, 1.165) is 42.6 Å². The van der Waals surface area contributed by atoms with Crippen molar-refractivity contribution < 1.29 is 9.90 Å². The summed E-state index contributed by atoms with van der Waals surface area (Å²) >= 11 is 0. The van der Waals surface area contributed by atoms with Crippen LogP contribution in [-0.4, -0.2) is 37.3 Å². The van der Waals surface area contributed by atoms with E-state index in [1.807, 2.05) is 30.3 Å². The van der Waals surface area contributed by atoms with Gasteiger partial charge in [0.25, 0.3) is 0 Å². The molecule has 0 aromatic heterocycles. The number of carboxylic acids is 1. The molecule has 19 heavy (non-hydrogen) atoms. The standard InChI is InChI=1S/C15H16N2O2/c18-15(19)13-5-6-14(17-9-7-16-8-10-17)12-4-2-1-3-11(12)13/h1-6,16H,7-10H2,(H,18,19). The summed E-state index contributed by atoms with van der Waals surface area (Å²) in [7, 11) is 0. The lowest BCUT2D eigenvalue weighted by Crippen LogP contribution is -2.43. The molecule has 1 saturated heterocycles. The maximum absolute atomic E-state index is 11.3. The molecule has 3 rings (SSSR count). The molecule has 0 aliphatic carbocycles. The normalized spacial score (nSPS) is 15.7. The Hall–Kier alpha value is -2.07. The summed E-state index contributed by atoms with van der Waals surface area (Å²) in [5.41, 5.74) is 1.50. The summed E-state index contributed by atoms with van der Waals surface area (Å²) in [6, 6.07) is 11.4. The van der Waals surface area contributed by atoms with E-state index in [0.29, 0.717) is 5.56 Å². The fourth-order valence-electron chi connectivity index (χ4n) is 2.65. The van der Waals surface area contributed by atoms with E-state index in [9.17, 15) is 9.90 Å². The summed E-state index contributed by atoms with van der Waals surface area (Å²) in [6.45, 7) is 3.84. The molecule has 0 saturated carbocycles. The molecular formula is C15H16N2O2. The maximum Gasteiger partial charge on any atom is 0.336 e. The second kappa shape index (κ2) is 4.90. The molecule has 4 nitrogen and oxygen atoms in total. The zero-order valence-corrected chi connectivity index (χ0v) is 10.6. The first-order chi connectivity index (χ1) is 9.27. The average Bonchev–Trinajstić information content (AvgIpc) is 2.47. The van der Waals surface area contributed by atoms with Gasteiger partial charge in [-0.1, -0.05) is 24.3 Å². The Morgan fingerprint density at radius 1 is 1.05 bits per heavy atom. The number of carbonyl (C=O) groups is 1. The zero-order chi connectivity index (χ0) is 13.2. The lowest BCUT2D eigenvalue weighted by molar-refractivity contribution is 0.0699. The second-order valence-corrected chi connectivity index (χ2v) is 4.72. The molecule has 4 heteroatoms. The van der Waals surface area contributed by atoms with E-state index < -0.39 is 5.97 Å². The lowest BCUT2D eigenvalue weighted by atomic mass is 10.0. The monoisotopic (exact) mass is 256 g/mol. The Morgan fingerprint density at radius 3 is 2.42 bits per heavy atom. The van der Waals surface area contributed by atoms with Crippen LogP contribution < -0.4 is 10.2 Å². The summed E-state index contributed by atoms with van der Waals surface area (Å²) < 4.78 is 0. The van der Waals surface area contributed by atoms with Crippen LogP contribution in [0.1, 0.15) is 10.4 Å². The average molecular weight is 256 g/mol. The molecule has 1 heterocycles. The van der Waals surface area contributed by atoms with Crippen molar-refractivity contribution >= 4 is 22.4 Å². The topological polar surface area (TPSA) is 52.6 Å². The maximum atomic E-state index is 11.3. The molecule has 0 unspecified atom stereocenters. The molecule has 98 valence electrons. The number of benzene rings is 2. The van der Waals surface area contributed by atoms with Gasteiger partial charge in [-0.2, -0.15) is 0 Å². The van der Waals surface area contributed by atoms with Gasteiger partial charge in [-0.15, -0.1) is 0 Å². The van der Waals surface area contributed by atoms with Crippen molar-refractivity contribution in [2.45, 2.75) is 0 Å². The van der Waals surface area contributed by atoms with Gasteiger partial charge in [0.05, 0.1) is 5.56 Å². The Labute approximate surface area is 111 Å². The van der Waals surface area contributed by atoms with Crippen LogP contribution in [0.4, 0.5) is 5.69 Å². The third-order valence-corrected chi connectivity index (χ3v) is 3.59. The summed E-state index contributed by atoms with van der Waals surface area (Å²) in [5.74, 6) is -0.872. The molecule has 1 aliphatic heterocycles. The van der Waals surface area contributed by atoms with Crippen LogP contribution in [-0.2, 0) is 0 Å².